The molecule has 0 aliphatic carbocycles. The Labute approximate surface area is 158 Å². The summed E-state index contributed by atoms with van der Waals surface area (Å²) in [6.45, 7) is 4.67. The van der Waals surface area contributed by atoms with E-state index in [4.69, 9.17) is 14.2 Å². The lowest BCUT2D eigenvalue weighted by molar-refractivity contribution is -0.0847. The third kappa shape index (κ3) is 4.06. The molecule has 0 spiro atoms. The Hall–Kier alpha value is -2.60. The molecular formula is C21H24FNO4. The molecule has 1 saturated heterocycles. The second-order valence-electron chi connectivity index (χ2n) is 7.18. The smallest absolute Gasteiger partial charge is 0.254 e. The summed E-state index contributed by atoms with van der Waals surface area (Å²) in [5.41, 5.74) is 0.844. The number of morpholine rings is 1. The molecule has 3 rings (SSSR count). The lowest BCUT2D eigenvalue weighted by atomic mass is 9.96. The van der Waals surface area contributed by atoms with E-state index in [0.29, 0.717) is 30.2 Å². The molecule has 27 heavy (non-hydrogen) atoms. The normalized spacial score (nSPS) is 18.9. The number of hydrogen-bond acceptors (Lipinski definition) is 4. The number of carbonyl (C=O) groups excluding carboxylic acids is 1. The van der Waals surface area contributed by atoms with Crippen LogP contribution in [0.15, 0.2) is 42.5 Å². The van der Waals surface area contributed by atoms with Gasteiger partial charge in [-0.3, -0.25) is 4.79 Å². The van der Waals surface area contributed by atoms with Crippen molar-refractivity contribution in [1.82, 2.24) is 4.90 Å². The second kappa shape index (κ2) is 7.56. The molecule has 2 aromatic rings. The molecule has 1 atom stereocenters. The molecule has 1 unspecified atom stereocenters. The van der Waals surface area contributed by atoms with Gasteiger partial charge in [0.1, 0.15) is 23.4 Å². The van der Waals surface area contributed by atoms with Gasteiger partial charge in [-0.05, 0) is 43.7 Å². The van der Waals surface area contributed by atoms with Crippen LogP contribution >= 0.6 is 0 Å². The molecular weight excluding hydrogens is 349 g/mol. The number of amides is 1. The maximum atomic E-state index is 13.3. The molecule has 1 fully saturated rings. The number of halogens is 1. The third-order valence-corrected chi connectivity index (χ3v) is 4.80. The zero-order valence-electron chi connectivity index (χ0n) is 16.0. The lowest BCUT2D eigenvalue weighted by Crippen LogP contribution is -2.56. The first-order valence-corrected chi connectivity index (χ1v) is 8.76. The first-order valence-electron chi connectivity index (χ1n) is 8.76. The predicted molar refractivity (Wildman–Crippen MR) is 99.8 cm³/mol. The summed E-state index contributed by atoms with van der Waals surface area (Å²) in [6, 6.07) is 11.3. The van der Waals surface area contributed by atoms with Crippen LogP contribution < -0.4 is 9.47 Å². The second-order valence-corrected chi connectivity index (χ2v) is 7.18. The Bertz CT molecular complexity index is 797. The Balaban J connectivity index is 1.90. The standard InChI is InChI=1S/C21H24FNO4/c1-21(2)13-27-19(14-5-7-16(22)8-6-14)12-23(21)20(24)15-9-17(25-3)11-18(10-15)26-4/h5-11,19H,12-13H2,1-4H3. The molecule has 0 saturated carbocycles. The molecule has 1 heterocycles. The van der Waals surface area contributed by atoms with E-state index in [-0.39, 0.29) is 17.8 Å². The molecule has 5 nitrogen and oxygen atoms in total. The van der Waals surface area contributed by atoms with Crippen LogP contribution in [0.4, 0.5) is 4.39 Å². The monoisotopic (exact) mass is 373 g/mol. The highest BCUT2D eigenvalue weighted by molar-refractivity contribution is 5.95. The molecule has 1 aliphatic heterocycles. The zero-order chi connectivity index (χ0) is 19.6. The van der Waals surface area contributed by atoms with E-state index < -0.39 is 5.54 Å². The van der Waals surface area contributed by atoms with E-state index in [1.165, 1.54) is 12.1 Å². The molecule has 6 heteroatoms. The van der Waals surface area contributed by atoms with Crippen molar-refractivity contribution in [3.63, 3.8) is 0 Å². The highest BCUT2D eigenvalue weighted by Gasteiger charge is 2.39. The Morgan fingerprint density at radius 2 is 1.70 bits per heavy atom. The number of nitrogens with zero attached hydrogens (tertiary/aromatic N) is 1. The van der Waals surface area contributed by atoms with Crippen LogP contribution in [-0.4, -0.2) is 43.7 Å². The van der Waals surface area contributed by atoms with Crippen LogP contribution in [0.25, 0.3) is 0 Å². The molecule has 1 amide bonds. The number of benzene rings is 2. The Kier molecular flexibility index (Phi) is 5.37. The number of rotatable bonds is 4. The third-order valence-electron chi connectivity index (χ3n) is 4.80. The fraction of sp³-hybridized carbons (Fsp3) is 0.381. The van der Waals surface area contributed by atoms with Gasteiger partial charge in [0.15, 0.2) is 0 Å². The van der Waals surface area contributed by atoms with Crippen LogP contribution in [0.1, 0.15) is 35.9 Å². The van der Waals surface area contributed by atoms with E-state index in [9.17, 15) is 9.18 Å². The van der Waals surface area contributed by atoms with E-state index in [2.05, 4.69) is 0 Å². The maximum Gasteiger partial charge on any atom is 0.254 e. The van der Waals surface area contributed by atoms with Crippen LogP contribution in [0.3, 0.4) is 0 Å². The fourth-order valence-electron chi connectivity index (χ4n) is 3.17. The quantitative estimate of drug-likeness (QED) is 0.817. The highest BCUT2D eigenvalue weighted by atomic mass is 19.1. The Morgan fingerprint density at radius 3 is 2.26 bits per heavy atom. The average molecular weight is 373 g/mol. The lowest BCUT2D eigenvalue weighted by Gasteiger charge is -2.45. The van der Waals surface area contributed by atoms with Gasteiger partial charge in [-0.15, -0.1) is 0 Å². The molecule has 1 aliphatic rings. The van der Waals surface area contributed by atoms with Crippen molar-refractivity contribution in [2.24, 2.45) is 0 Å². The fourth-order valence-corrected chi connectivity index (χ4v) is 3.17. The van der Waals surface area contributed by atoms with Crippen molar-refractivity contribution >= 4 is 5.91 Å². The molecule has 144 valence electrons. The van der Waals surface area contributed by atoms with Gasteiger partial charge in [-0.2, -0.15) is 0 Å². The van der Waals surface area contributed by atoms with E-state index in [1.807, 2.05) is 13.8 Å². The minimum atomic E-state index is -0.482. The number of carbonyl (C=O) groups is 1. The van der Waals surface area contributed by atoms with Gasteiger partial charge in [0.05, 0.1) is 32.9 Å². The van der Waals surface area contributed by atoms with Crippen molar-refractivity contribution in [2.75, 3.05) is 27.4 Å². The molecule has 2 aromatic carbocycles. The van der Waals surface area contributed by atoms with Crippen LogP contribution in [0.2, 0.25) is 0 Å². The number of methoxy groups -OCH3 is 2. The summed E-state index contributed by atoms with van der Waals surface area (Å²) >= 11 is 0. The largest absolute Gasteiger partial charge is 0.497 e. The van der Waals surface area contributed by atoms with Crippen molar-refractivity contribution in [1.29, 1.82) is 0 Å². The summed E-state index contributed by atoms with van der Waals surface area (Å²) in [7, 11) is 3.10. The summed E-state index contributed by atoms with van der Waals surface area (Å²) in [4.78, 5) is 15.1. The van der Waals surface area contributed by atoms with Gasteiger partial charge in [-0.1, -0.05) is 12.1 Å². The average Bonchev–Trinajstić information content (AvgIpc) is 2.67. The molecule has 0 N–H and O–H groups in total. The van der Waals surface area contributed by atoms with E-state index in [1.54, 1.807) is 49.5 Å². The summed E-state index contributed by atoms with van der Waals surface area (Å²) in [5.74, 6) is 0.677. The first kappa shape index (κ1) is 19.2. The summed E-state index contributed by atoms with van der Waals surface area (Å²) < 4.78 is 29.7. The van der Waals surface area contributed by atoms with Gasteiger partial charge < -0.3 is 19.1 Å². The molecule has 0 radical (unpaired) electrons. The van der Waals surface area contributed by atoms with E-state index >= 15 is 0 Å². The highest BCUT2D eigenvalue weighted by Crippen LogP contribution is 2.33. The van der Waals surface area contributed by atoms with Gasteiger partial charge in [0, 0.05) is 11.6 Å². The maximum absolute atomic E-state index is 13.3. The number of hydrogen-bond donors (Lipinski definition) is 0. The molecule has 0 aromatic heterocycles. The SMILES string of the molecule is COc1cc(OC)cc(C(=O)N2CC(c3ccc(F)cc3)OCC2(C)C)c1. The topological polar surface area (TPSA) is 48.0 Å². The number of ether oxygens (including phenoxy) is 3. The van der Waals surface area contributed by atoms with Crippen LogP contribution in [0.5, 0.6) is 11.5 Å². The van der Waals surface area contributed by atoms with Crippen molar-refractivity contribution in [3.8, 4) is 11.5 Å². The minimum Gasteiger partial charge on any atom is -0.497 e. The first-order chi connectivity index (χ1) is 12.8. The van der Waals surface area contributed by atoms with Crippen LogP contribution in [-0.2, 0) is 4.74 Å². The Morgan fingerprint density at radius 1 is 1.11 bits per heavy atom. The van der Waals surface area contributed by atoms with Crippen molar-refractivity contribution in [3.05, 3.63) is 59.4 Å². The van der Waals surface area contributed by atoms with Gasteiger partial charge in [0.2, 0.25) is 0 Å². The van der Waals surface area contributed by atoms with Gasteiger partial charge in [0.25, 0.3) is 5.91 Å². The summed E-state index contributed by atoms with van der Waals surface area (Å²) in [5, 5.41) is 0. The van der Waals surface area contributed by atoms with Crippen molar-refractivity contribution < 1.29 is 23.4 Å². The van der Waals surface area contributed by atoms with Gasteiger partial charge in [-0.25, -0.2) is 4.39 Å². The minimum absolute atomic E-state index is 0.132. The van der Waals surface area contributed by atoms with Crippen LogP contribution in [0, 0.1) is 5.82 Å². The van der Waals surface area contributed by atoms with Crippen molar-refractivity contribution in [2.45, 2.75) is 25.5 Å². The zero-order valence-corrected chi connectivity index (χ0v) is 16.0. The molecule has 0 bridgehead atoms. The summed E-state index contributed by atoms with van der Waals surface area (Å²) in [6.07, 6.45) is -0.310. The van der Waals surface area contributed by atoms with E-state index in [0.717, 1.165) is 5.56 Å². The predicted octanol–water partition coefficient (Wildman–Crippen LogP) is 3.84. The van der Waals surface area contributed by atoms with Gasteiger partial charge >= 0.3 is 0 Å².